The quantitative estimate of drug-likeness (QED) is 0.775. The summed E-state index contributed by atoms with van der Waals surface area (Å²) in [5, 5.41) is 3.13. The molecule has 2 aliphatic carbocycles. The molecule has 0 heterocycles. The molecule has 0 aliphatic heterocycles. The molecule has 23 heavy (non-hydrogen) atoms. The fourth-order valence-corrected chi connectivity index (χ4v) is 4.06. The third-order valence-electron chi connectivity index (χ3n) is 6.33. The molecule has 0 aromatic carbocycles. The fraction of sp³-hybridized carbons (Fsp3) is 0.944. The van der Waals surface area contributed by atoms with E-state index in [1.165, 1.54) is 32.1 Å². The van der Waals surface area contributed by atoms with Crippen molar-refractivity contribution >= 4 is 18.3 Å². The Morgan fingerprint density at radius 1 is 1.17 bits per heavy atom. The summed E-state index contributed by atoms with van der Waals surface area (Å²) in [5.74, 6) is 1.53. The molecule has 0 radical (unpaired) electrons. The lowest BCUT2D eigenvalue weighted by molar-refractivity contribution is -0.170. The van der Waals surface area contributed by atoms with Gasteiger partial charge in [0, 0.05) is 25.0 Å². The van der Waals surface area contributed by atoms with Crippen LogP contribution in [0.25, 0.3) is 0 Å². The highest BCUT2D eigenvalue weighted by Gasteiger charge is 2.62. The summed E-state index contributed by atoms with van der Waals surface area (Å²) in [6.45, 7) is 9.81. The molecule has 0 bridgehead atoms. The van der Waals surface area contributed by atoms with E-state index in [0.717, 1.165) is 12.5 Å². The van der Waals surface area contributed by atoms with Crippen molar-refractivity contribution < 1.29 is 9.53 Å². The van der Waals surface area contributed by atoms with Gasteiger partial charge in [-0.05, 0) is 31.6 Å². The number of nitrogens with one attached hydrogen (secondary N) is 1. The molecule has 0 aromatic heterocycles. The van der Waals surface area contributed by atoms with Gasteiger partial charge in [-0.15, -0.1) is 12.4 Å². The molecule has 2 atom stereocenters. The number of carbonyl (C=O) groups excluding carboxylic acids is 1. The van der Waals surface area contributed by atoms with Crippen LogP contribution in [0.4, 0.5) is 0 Å². The Morgan fingerprint density at radius 2 is 1.74 bits per heavy atom. The standard InChI is InChI=1S/C18H34N2O2.ClH/c1-5-13-7-9-14(10-8-13)12-20-16(21)18(19)11-15(22-6-2)17(18,3)4;/h13-15H,5-12,19H2,1-4H3,(H,20,21);1H. The highest BCUT2D eigenvalue weighted by molar-refractivity contribution is 5.88. The molecule has 3 N–H and O–H groups in total. The number of rotatable bonds is 6. The van der Waals surface area contributed by atoms with E-state index in [1.807, 2.05) is 20.8 Å². The first-order chi connectivity index (χ1) is 10.3. The minimum Gasteiger partial charge on any atom is -0.378 e. The van der Waals surface area contributed by atoms with Crippen LogP contribution in [0.5, 0.6) is 0 Å². The maximum Gasteiger partial charge on any atom is 0.240 e. The lowest BCUT2D eigenvalue weighted by Gasteiger charge is -2.57. The zero-order chi connectivity index (χ0) is 16.4. The molecule has 2 fully saturated rings. The zero-order valence-electron chi connectivity index (χ0n) is 15.2. The summed E-state index contributed by atoms with van der Waals surface area (Å²) in [6.07, 6.45) is 7.10. The summed E-state index contributed by atoms with van der Waals surface area (Å²) in [7, 11) is 0. The van der Waals surface area contributed by atoms with Crippen LogP contribution in [0.15, 0.2) is 0 Å². The lowest BCUT2D eigenvalue weighted by atomic mass is 9.54. The molecular formula is C18H35ClN2O2. The maximum atomic E-state index is 12.6. The SMILES string of the molecule is CCOC1CC(N)(C(=O)NCC2CCC(CC)CC2)C1(C)C.Cl. The van der Waals surface area contributed by atoms with Crippen molar-refractivity contribution in [3.05, 3.63) is 0 Å². The topological polar surface area (TPSA) is 64.3 Å². The second kappa shape index (κ2) is 8.17. The van der Waals surface area contributed by atoms with Gasteiger partial charge in [0.2, 0.25) is 5.91 Å². The average Bonchev–Trinajstić information content (AvgIpc) is 2.52. The summed E-state index contributed by atoms with van der Waals surface area (Å²) in [5.41, 5.74) is 5.33. The van der Waals surface area contributed by atoms with Gasteiger partial charge in [-0.2, -0.15) is 0 Å². The summed E-state index contributed by atoms with van der Waals surface area (Å²) < 4.78 is 5.70. The van der Waals surface area contributed by atoms with Gasteiger partial charge in [-0.3, -0.25) is 4.79 Å². The molecule has 5 heteroatoms. The minimum absolute atomic E-state index is 0. The van der Waals surface area contributed by atoms with Gasteiger partial charge < -0.3 is 15.8 Å². The first kappa shape index (κ1) is 20.7. The highest BCUT2D eigenvalue weighted by atomic mass is 35.5. The van der Waals surface area contributed by atoms with Crippen LogP contribution in [0, 0.1) is 17.3 Å². The molecule has 0 spiro atoms. The van der Waals surface area contributed by atoms with Crippen molar-refractivity contribution in [3.63, 3.8) is 0 Å². The van der Waals surface area contributed by atoms with Gasteiger partial charge >= 0.3 is 0 Å². The Bertz CT molecular complexity index is 394. The van der Waals surface area contributed by atoms with Gasteiger partial charge in [0.05, 0.1) is 6.10 Å². The average molecular weight is 347 g/mol. The van der Waals surface area contributed by atoms with Gasteiger partial charge in [0.25, 0.3) is 0 Å². The molecule has 2 aliphatic rings. The van der Waals surface area contributed by atoms with E-state index in [-0.39, 0.29) is 29.8 Å². The predicted molar refractivity (Wildman–Crippen MR) is 96.7 cm³/mol. The molecule has 136 valence electrons. The minimum atomic E-state index is -0.784. The Balaban J connectivity index is 0.00000264. The monoisotopic (exact) mass is 346 g/mol. The molecule has 1 amide bonds. The summed E-state index contributed by atoms with van der Waals surface area (Å²) in [6, 6.07) is 0. The van der Waals surface area contributed by atoms with Crippen LogP contribution in [0.1, 0.15) is 66.2 Å². The first-order valence-electron chi connectivity index (χ1n) is 9.03. The van der Waals surface area contributed by atoms with Crippen LogP contribution < -0.4 is 11.1 Å². The van der Waals surface area contributed by atoms with Gasteiger partial charge in [0.1, 0.15) is 5.54 Å². The maximum absolute atomic E-state index is 12.6. The van der Waals surface area contributed by atoms with E-state index in [0.29, 0.717) is 18.9 Å². The van der Waals surface area contributed by atoms with Crippen molar-refractivity contribution in [1.29, 1.82) is 0 Å². The van der Waals surface area contributed by atoms with Crippen molar-refractivity contribution in [2.24, 2.45) is 23.0 Å². The number of carbonyl (C=O) groups is 1. The lowest BCUT2D eigenvalue weighted by Crippen LogP contribution is -2.75. The van der Waals surface area contributed by atoms with E-state index in [9.17, 15) is 4.79 Å². The normalized spacial score (nSPS) is 35.8. The third-order valence-corrected chi connectivity index (χ3v) is 6.33. The smallest absolute Gasteiger partial charge is 0.240 e. The van der Waals surface area contributed by atoms with Crippen molar-refractivity contribution in [1.82, 2.24) is 5.32 Å². The van der Waals surface area contributed by atoms with Crippen LogP contribution >= 0.6 is 12.4 Å². The predicted octanol–water partition coefficient (Wildman–Crippen LogP) is 3.27. The summed E-state index contributed by atoms with van der Waals surface area (Å²) >= 11 is 0. The van der Waals surface area contributed by atoms with E-state index >= 15 is 0 Å². The zero-order valence-corrected chi connectivity index (χ0v) is 16.0. The van der Waals surface area contributed by atoms with Gasteiger partial charge in [-0.25, -0.2) is 0 Å². The third kappa shape index (κ3) is 4.02. The molecule has 2 rings (SSSR count). The van der Waals surface area contributed by atoms with Crippen molar-refractivity contribution in [2.75, 3.05) is 13.2 Å². The molecule has 2 saturated carbocycles. The van der Waals surface area contributed by atoms with Gasteiger partial charge in [-0.1, -0.05) is 40.0 Å². The first-order valence-corrected chi connectivity index (χ1v) is 9.03. The summed E-state index contributed by atoms with van der Waals surface area (Å²) in [4.78, 5) is 12.6. The Hall–Kier alpha value is -0.320. The molecule has 4 nitrogen and oxygen atoms in total. The number of halogens is 1. The van der Waals surface area contributed by atoms with E-state index < -0.39 is 5.54 Å². The van der Waals surface area contributed by atoms with Gasteiger partial charge in [0.15, 0.2) is 0 Å². The highest BCUT2D eigenvalue weighted by Crippen LogP contribution is 2.49. The van der Waals surface area contributed by atoms with Crippen LogP contribution in [0.2, 0.25) is 0 Å². The van der Waals surface area contributed by atoms with E-state index in [2.05, 4.69) is 12.2 Å². The molecule has 0 saturated heterocycles. The molecule has 2 unspecified atom stereocenters. The molecule has 0 aromatic rings. The number of nitrogens with two attached hydrogens (primary N) is 1. The molecular weight excluding hydrogens is 312 g/mol. The van der Waals surface area contributed by atoms with Crippen LogP contribution in [-0.2, 0) is 9.53 Å². The number of ether oxygens (including phenoxy) is 1. The largest absolute Gasteiger partial charge is 0.378 e. The number of amides is 1. The Labute approximate surface area is 147 Å². The van der Waals surface area contributed by atoms with Crippen LogP contribution in [0.3, 0.4) is 0 Å². The Morgan fingerprint density at radius 3 is 2.22 bits per heavy atom. The fourth-order valence-electron chi connectivity index (χ4n) is 4.06. The van der Waals surface area contributed by atoms with E-state index in [4.69, 9.17) is 10.5 Å². The number of hydrogen-bond donors (Lipinski definition) is 2. The Kier molecular flexibility index (Phi) is 7.36. The second-order valence-corrected chi connectivity index (χ2v) is 7.85. The van der Waals surface area contributed by atoms with Crippen molar-refractivity contribution in [3.8, 4) is 0 Å². The van der Waals surface area contributed by atoms with E-state index in [1.54, 1.807) is 0 Å². The van der Waals surface area contributed by atoms with Crippen LogP contribution in [-0.4, -0.2) is 30.7 Å². The van der Waals surface area contributed by atoms with Crippen molar-refractivity contribution in [2.45, 2.75) is 77.9 Å². The number of hydrogen-bond acceptors (Lipinski definition) is 3. The second-order valence-electron chi connectivity index (χ2n) is 7.85.